The van der Waals surface area contributed by atoms with Crippen molar-refractivity contribution in [1.29, 1.82) is 0 Å². The van der Waals surface area contributed by atoms with E-state index in [1.807, 2.05) is 0 Å². The van der Waals surface area contributed by atoms with Crippen LogP contribution in [0.1, 0.15) is 26.5 Å². The maximum absolute atomic E-state index is 13.4. The summed E-state index contributed by atoms with van der Waals surface area (Å²) in [5, 5.41) is 17.2. The second-order valence-electron chi connectivity index (χ2n) is 9.60. The summed E-state index contributed by atoms with van der Waals surface area (Å²) in [6, 6.07) is 9.35. The Bertz CT molecular complexity index is 1550. The number of carbonyl (C=O) groups is 3. The van der Waals surface area contributed by atoms with Gasteiger partial charge < -0.3 is 24.5 Å². The molecule has 5 rings (SSSR count). The van der Waals surface area contributed by atoms with Gasteiger partial charge in [-0.3, -0.25) is 15.1 Å². The monoisotopic (exact) mass is 491 g/mol. The fourth-order valence-electron chi connectivity index (χ4n) is 4.44. The van der Waals surface area contributed by atoms with Crippen molar-refractivity contribution in [3.05, 3.63) is 54.5 Å². The quantitative estimate of drug-likeness (QED) is 0.373. The molecule has 0 radical (unpaired) electrons. The van der Waals surface area contributed by atoms with Crippen LogP contribution in [0.3, 0.4) is 0 Å². The van der Waals surface area contributed by atoms with Crippen LogP contribution in [0.25, 0.3) is 21.8 Å². The van der Waals surface area contributed by atoms with E-state index in [0.29, 0.717) is 27.6 Å². The van der Waals surface area contributed by atoms with Gasteiger partial charge >= 0.3 is 12.1 Å². The lowest BCUT2D eigenvalue weighted by molar-refractivity contribution is -0.125. The van der Waals surface area contributed by atoms with Crippen molar-refractivity contribution < 1.29 is 29.0 Å². The van der Waals surface area contributed by atoms with Gasteiger partial charge in [0, 0.05) is 23.2 Å². The number of nitrogens with zero attached hydrogens (tertiary/aromatic N) is 3. The molecule has 1 saturated heterocycles. The third-order valence-electron chi connectivity index (χ3n) is 6.00. The molecule has 1 atom stereocenters. The summed E-state index contributed by atoms with van der Waals surface area (Å²) in [4.78, 5) is 43.5. The molecule has 36 heavy (non-hydrogen) atoms. The van der Waals surface area contributed by atoms with E-state index in [1.54, 1.807) is 69.6 Å². The fraction of sp³-hybridized carbons (Fsp3) is 0.280. The van der Waals surface area contributed by atoms with Crippen molar-refractivity contribution in [3.8, 4) is 11.6 Å². The standard InChI is InChI=1S/C25H25N5O6/c1-24(2,3)36-23(34)30-18-6-5-9-26-17(18)11-19(30)25(21(32)27-22(33)28-25)13-29-12-14-7-8-15(35-4)10-16(14)20(29)31/h5-12,31H,13H2,1-4H3,(H2,27,28,32,33)/t25-/m0/s1. The molecule has 11 heteroatoms. The number of hydrogen-bond donors (Lipinski definition) is 3. The number of pyridine rings is 1. The highest BCUT2D eigenvalue weighted by Crippen LogP contribution is 2.37. The van der Waals surface area contributed by atoms with Crippen LogP contribution in [0.15, 0.2) is 48.8 Å². The number of hydrogen-bond acceptors (Lipinski definition) is 7. The fourth-order valence-corrected chi connectivity index (χ4v) is 4.44. The van der Waals surface area contributed by atoms with Crippen LogP contribution in [-0.4, -0.2) is 50.0 Å². The van der Waals surface area contributed by atoms with Crippen molar-refractivity contribution in [2.75, 3.05) is 7.11 Å². The molecule has 0 unspecified atom stereocenters. The number of urea groups is 1. The maximum atomic E-state index is 13.4. The average Bonchev–Trinajstić information content (AvgIpc) is 3.44. The van der Waals surface area contributed by atoms with Crippen LogP contribution in [0.5, 0.6) is 11.6 Å². The van der Waals surface area contributed by atoms with E-state index in [2.05, 4.69) is 15.6 Å². The minimum atomic E-state index is -1.76. The van der Waals surface area contributed by atoms with Gasteiger partial charge in [-0.05, 0) is 57.2 Å². The third kappa shape index (κ3) is 3.69. The minimum absolute atomic E-state index is 0.129. The first-order valence-corrected chi connectivity index (χ1v) is 11.2. The number of imide groups is 1. The zero-order valence-electron chi connectivity index (χ0n) is 20.2. The normalized spacial score (nSPS) is 17.9. The summed E-state index contributed by atoms with van der Waals surface area (Å²) in [5.41, 5.74) is -1.61. The van der Waals surface area contributed by atoms with E-state index >= 15 is 0 Å². The van der Waals surface area contributed by atoms with Crippen molar-refractivity contribution in [2.24, 2.45) is 0 Å². The van der Waals surface area contributed by atoms with Gasteiger partial charge in [0.1, 0.15) is 11.4 Å². The molecule has 0 bridgehead atoms. The number of ether oxygens (including phenoxy) is 2. The van der Waals surface area contributed by atoms with Gasteiger partial charge in [-0.25, -0.2) is 14.2 Å². The number of carbonyl (C=O) groups excluding carboxylic acids is 3. The molecule has 3 amide bonds. The summed E-state index contributed by atoms with van der Waals surface area (Å²) in [6.07, 6.45) is 2.48. The van der Waals surface area contributed by atoms with Gasteiger partial charge in [-0.15, -0.1) is 0 Å². The number of amides is 3. The predicted molar refractivity (Wildman–Crippen MR) is 130 cm³/mol. The highest BCUT2D eigenvalue weighted by atomic mass is 16.6. The average molecular weight is 492 g/mol. The largest absolute Gasteiger partial charge is 0.497 e. The van der Waals surface area contributed by atoms with Gasteiger partial charge in [0.25, 0.3) is 5.91 Å². The number of benzene rings is 1. The van der Waals surface area contributed by atoms with Crippen LogP contribution in [0.2, 0.25) is 0 Å². The van der Waals surface area contributed by atoms with Crippen LogP contribution < -0.4 is 15.4 Å². The lowest BCUT2D eigenvalue weighted by Gasteiger charge is -2.29. The molecule has 3 aromatic heterocycles. The van der Waals surface area contributed by atoms with Crippen LogP contribution in [-0.2, 0) is 21.6 Å². The first kappa shape index (κ1) is 23.2. The lowest BCUT2D eigenvalue weighted by atomic mass is 9.94. The topological polar surface area (TPSA) is 137 Å². The van der Waals surface area contributed by atoms with E-state index in [0.717, 1.165) is 0 Å². The van der Waals surface area contributed by atoms with E-state index in [9.17, 15) is 19.5 Å². The van der Waals surface area contributed by atoms with E-state index in [-0.39, 0.29) is 18.1 Å². The van der Waals surface area contributed by atoms with E-state index in [1.165, 1.54) is 16.2 Å². The SMILES string of the molecule is COc1ccc2cn(C[C@@]3(c4cc5ncccc5n4C(=O)OC(C)(C)C)NC(=O)NC3=O)c(O)c2c1. The Labute approximate surface area is 205 Å². The van der Waals surface area contributed by atoms with Crippen LogP contribution in [0.4, 0.5) is 9.59 Å². The molecule has 4 aromatic rings. The molecule has 1 aliphatic rings. The summed E-state index contributed by atoms with van der Waals surface area (Å²) in [5.74, 6) is -0.265. The first-order chi connectivity index (χ1) is 17.0. The summed E-state index contributed by atoms with van der Waals surface area (Å²) in [6.45, 7) is 4.97. The molecular formula is C25H25N5O6. The summed E-state index contributed by atoms with van der Waals surface area (Å²) in [7, 11) is 1.52. The van der Waals surface area contributed by atoms with Crippen molar-refractivity contribution in [2.45, 2.75) is 38.5 Å². The molecule has 11 nitrogen and oxygen atoms in total. The van der Waals surface area contributed by atoms with Gasteiger partial charge in [0.15, 0.2) is 11.4 Å². The van der Waals surface area contributed by atoms with Gasteiger partial charge in [0.2, 0.25) is 0 Å². The van der Waals surface area contributed by atoms with E-state index < -0.39 is 29.2 Å². The Kier molecular flexibility index (Phi) is 5.16. The van der Waals surface area contributed by atoms with E-state index in [4.69, 9.17) is 9.47 Å². The van der Waals surface area contributed by atoms with Crippen molar-refractivity contribution >= 4 is 39.8 Å². The highest BCUT2D eigenvalue weighted by molar-refractivity contribution is 6.08. The zero-order chi connectivity index (χ0) is 25.8. The number of nitrogens with one attached hydrogen (secondary N) is 2. The maximum Gasteiger partial charge on any atom is 0.419 e. The molecule has 0 aliphatic carbocycles. The molecular weight excluding hydrogens is 466 g/mol. The first-order valence-electron chi connectivity index (χ1n) is 11.2. The second kappa shape index (κ2) is 8.01. The van der Waals surface area contributed by atoms with Gasteiger partial charge in [0.05, 0.1) is 30.4 Å². The molecule has 1 aliphatic heterocycles. The van der Waals surface area contributed by atoms with Gasteiger partial charge in [-0.1, -0.05) is 0 Å². The molecule has 0 spiro atoms. The Morgan fingerprint density at radius 3 is 2.64 bits per heavy atom. The minimum Gasteiger partial charge on any atom is -0.497 e. The van der Waals surface area contributed by atoms with Crippen LogP contribution in [0, 0.1) is 0 Å². The number of rotatable bonds is 4. The molecule has 4 heterocycles. The number of aromatic hydroxyl groups is 1. The molecule has 1 aromatic carbocycles. The summed E-state index contributed by atoms with van der Waals surface area (Å²) >= 11 is 0. The summed E-state index contributed by atoms with van der Waals surface area (Å²) < 4.78 is 13.6. The molecule has 3 N–H and O–H groups in total. The Morgan fingerprint density at radius 1 is 1.19 bits per heavy atom. The predicted octanol–water partition coefficient (Wildman–Crippen LogP) is 3.22. The lowest BCUT2D eigenvalue weighted by Crippen LogP contribution is -2.49. The smallest absolute Gasteiger partial charge is 0.419 e. The molecule has 0 saturated carbocycles. The van der Waals surface area contributed by atoms with Crippen LogP contribution >= 0.6 is 0 Å². The Hall–Kier alpha value is -4.54. The third-order valence-corrected chi connectivity index (χ3v) is 6.00. The molecule has 1 fully saturated rings. The number of aromatic nitrogens is 3. The Morgan fingerprint density at radius 2 is 1.97 bits per heavy atom. The second-order valence-corrected chi connectivity index (χ2v) is 9.60. The molecule has 186 valence electrons. The Balaban J connectivity index is 1.72. The number of fused-ring (bicyclic) bond motifs is 2. The highest BCUT2D eigenvalue weighted by Gasteiger charge is 2.51. The zero-order valence-corrected chi connectivity index (χ0v) is 20.2. The van der Waals surface area contributed by atoms with Crippen molar-refractivity contribution in [1.82, 2.24) is 24.8 Å². The van der Waals surface area contributed by atoms with Crippen molar-refractivity contribution in [3.63, 3.8) is 0 Å². The van der Waals surface area contributed by atoms with Gasteiger partial charge in [-0.2, -0.15) is 0 Å². The number of methoxy groups -OCH3 is 1.